The molecule has 0 spiro atoms. The molecule has 1 aromatic heterocycles. The first kappa shape index (κ1) is 19.2. The lowest BCUT2D eigenvalue weighted by Gasteiger charge is -2.72. The summed E-state index contributed by atoms with van der Waals surface area (Å²) in [6.45, 7) is 12.4. The molecular formula is C23H31N3O2. The van der Waals surface area contributed by atoms with Crippen LogP contribution in [0.1, 0.15) is 33.3 Å². The Labute approximate surface area is 167 Å². The van der Waals surface area contributed by atoms with Crippen molar-refractivity contribution < 1.29 is 10.2 Å². The Morgan fingerprint density at radius 1 is 0.929 bits per heavy atom. The standard InChI is InChI=1S/C23H31N3O2/c1-21(2)20(22(3,4)23(21,28)17-8-7-9-18(27)16-17)26-14-12-25(13-15-26)19-10-5-6-11-24-19/h5-11,16,20,27-28H,12-15H2,1-4H3. The highest BCUT2D eigenvalue weighted by molar-refractivity contribution is 5.41. The minimum absolute atomic E-state index is 0.199. The van der Waals surface area contributed by atoms with E-state index in [-0.39, 0.29) is 22.6 Å². The number of aromatic nitrogens is 1. The van der Waals surface area contributed by atoms with E-state index in [0.29, 0.717) is 0 Å². The van der Waals surface area contributed by atoms with Gasteiger partial charge in [-0.15, -0.1) is 0 Å². The second-order valence-electron chi connectivity index (χ2n) is 9.32. The van der Waals surface area contributed by atoms with E-state index in [0.717, 1.165) is 37.6 Å². The van der Waals surface area contributed by atoms with Gasteiger partial charge in [-0.2, -0.15) is 0 Å². The first-order valence-corrected chi connectivity index (χ1v) is 10.1. The summed E-state index contributed by atoms with van der Waals surface area (Å²) in [5.74, 6) is 1.23. The molecule has 2 fully saturated rings. The SMILES string of the molecule is CC1(C)C(N2CCN(c3ccccn3)CC2)C(C)(C)C1(O)c1cccc(O)c1. The molecule has 28 heavy (non-hydrogen) atoms. The van der Waals surface area contributed by atoms with Crippen LogP contribution in [0.3, 0.4) is 0 Å². The molecule has 150 valence electrons. The average Bonchev–Trinajstić information content (AvgIpc) is 2.68. The van der Waals surface area contributed by atoms with Crippen molar-refractivity contribution in [1.29, 1.82) is 0 Å². The van der Waals surface area contributed by atoms with Crippen molar-refractivity contribution in [2.45, 2.75) is 39.3 Å². The van der Waals surface area contributed by atoms with Gasteiger partial charge in [0.25, 0.3) is 0 Å². The van der Waals surface area contributed by atoms with Crippen molar-refractivity contribution in [3.63, 3.8) is 0 Å². The molecule has 0 unspecified atom stereocenters. The lowest BCUT2D eigenvalue weighted by atomic mass is 9.39. The number of phenolic OH excluding ortho intramolecular Hbond substituents is 1. The Morgan fingerprint density at radius 3 is 2.18 bits per heavy atom. The monoisotopic (exact) mass is 381 g/mol. The topological polar surface area (TPSA) is 59.8 Å². The zero-order chi connectivity index (χ0) is 20.2. The molecule has 5 heteroatoms. The number of rotatable bonds is 3. The molecule has 2 heterocycles. The zero-order valence-electron chi connectivity index (χ0n) is 17.3. The highest BCUT2D eigenvalue weighted by Crippen LogP contribution is 2.68. The smallest absolute Gasteiger partial charge is 0.128 e. The Kier molecular flexibility index (Phi) is 4.43. The van der Waals surface area contributed by atoms with Gasteiger partial charge in [0.05, 0.1) is 0 Å². The summed E-state index contributed by atoms with van der Waals surface area (Å²) >= 11 is 0. The number of aliphatic hydroxyl groups is 1. The maximum atomic E-state index is 11.8. The van der Waals surface area contributed by atoms with Crippen LogP contribution in [0.15, 0.2) is 48.7 Å². The Balaban J connectivity index is 1.55. The molecule has 2 N–H and O–H groups in total. The summed E-state index contributed by atoms with van der Waals surface area (Å²) in [5.41, 5.74) is -0.873. The maximum absolute atomic E-state index is 11.8. The molecule has 0 bridgehead atoms. The number of hydrogen-bond donors (Lipinski definition) is 2. The van der Waals surface area contributed by atoms with E-state index in [1.54, 1.807) is 12.1 Å². The van der Waals surface area contributed by atoms with Crippen LogP contribution in [-0.2, 0) is 5.60 Å². The van der Waals surface area contributed by atoms with Gasteiger partial charge in [0.1, 0.15) is 17.2 Å². The Hall–Kier alpha value is -2.11. The zero-order valence-corrected chi connectivity index (χ0v) is 17.3. The predicted molar refractivity (Wildman–Crippen MR) is 111 cm³/mol. The van der Waals surface area contributed by atoms with Crippen LogP contribution >= 0.6 is 0 Å². The second kappa shape index (κ2) is 6.46. The molecule has 2 aliphatic rings. The van der Waals surface area contributed by atoms with Crippen molar-refractivity contribution in [2.75, 3.05) is 31.1 Å². The summed E-state index contributed by atoms with van der Waals surface area (Å²) in [6.07, 6.45) is 1.84. The number of piperazine rings is 1. The van der Waals surface area contributed by atoms with E-state index in [1.807, 2.05) is 30.5 Å². The fourth-order valence-corrected chi connectivity index (χ4v) is 6.19. The summed E-state index contributed by atoms with van der Waals surface area (Å²) in [6, 6.07) is 13.4. The van der Waals surface area contributed by atoms with Crippen LogP contribution in [0.25, 0.3) is 0 Å². The fraction of sp³-hybridized carbons (Fsp3) is 0.522. The normalized spacial score (nSPS) is 29.3. The molecular weight excluding hydrogens is 350 g/mol. The highest BCUT2D eigenvalue weighted by Gasteiger charge is 2.73. The lowest BCUT2D eigenvalue weighted by Crippen LogP contribution is -2.79. The number of hydrogen-bond acceptors (Lipinski definition) is 5. The number of nitrogens with zero attached hydrogens (tertiary/aromatic N) is 3. The van der Waals surface area contributed by atoms with Gasteiger partial charge >= 0.3 is 0 Å². The van der Waals surface area contributed by atoms with Gasteiger partial charge < -0.3 is 15.1 Å². The van der Waals surface area contributed by atoms with Crippen LogP contribution in [-0.4, -0.2) is 52.3 Å². The van der Waals surface area contributed by atoms with Crippen molar-refractivity contribution in [2.24, 2.45) is 10.8 Å². The predicted octanol–water partition coefficient (Wildman–Crippen LogP) is 3.23. The van der Waals surface area contributed by atoms with Gasteiger partial charge in [-0.05, 0) is 29.8 Å². The van der Waals surface area contributed by atoms with Gasteiger partial charge in [-0.1, -0.05) is 45.9 Å². The molecule has 0 radical (unpaired) electrons. The first-order valence-electron chi connectivity index (χ1n) is 10.1. The quantitative estimate of drug-likeness (QED) is 0.855. The molecule has 1 saturated carbocycles. The van der Waals surface area contributed by atoms with E-state index in [4.69, 9.17) is 0 Å². The third-order valence-electron chi connectivity index (χ3n) is 7.15. The molecule has 5 nitrogen and oxygen atoms in total. The molecule has 1 aliphatic carbocycles. The van der Waals surface area contributed by atoms with Crippen LogP contribution < -0.4 is 4.90 Å². The van der Waals surface area contributed by atoms with Crippen LogP contribution in [0.4, 0.5) is 5.82 Å². The first-order chi connectivity index (χ1) is 13.2. The third kappa shape index (κ3) is 2.56. The number of anilines is 1. The number of aromatic hydroxyl groups is 1. The maximum Gasteiger partial charge on any atom is 0.128 e. The number of phenols is 1. The Bertz CT molecular complexity index is 826. The third-order valence-corrected chi connectivity index (χ3v) is 7.15. The largest absolute Gasteiger partial charge is 0.508 e. The molecule has 0 amide bonds. The van der Waals surface area contributed by atoms with Crippen molar-refractivity contribution in [3.8, 4) is 5.75 Å². The molecule has 1 aliphatic heterocycles. The molecule has 2 aromatic rings. The Morgan fingerprint density at radius 2 is 1.61 bits per heavy atom. The minimum atomic E-state index is -0.998. The van der Waals surface area contributed by atoms with Gasteiger partial charge in [0.15, 0.2) is 0 Å². The summed E-state index contributed by atoms with van der Waals surface area (Å²) in [4.78, 5) is 9.33. The van der Waals surface area contributed by atoms with Crippen LogP contribution in [0, 0.1) is 10.8 Å². The van der Waals surface area contributed by atoms with Gasteiger partial charge in [0.2, 0.25) is 0 Å². The highest BCUT2D eigenvalue weighted by atomic mass is 16.3. The molecule has 1 saturated heterocycles. The minimum Gasteiger partial charge on any atom is -0.508 e. The van der Waals surface area contributed by atoms with E-state index in [2.05, 4.69) is 48.5 Å². The van der Waals surface area contributed by atoms with Gasteiger partial charge in [0, 0.05) is 49.2 Å². The lowest BCUT2D eigenvalue weighted by molar-refractivity contribution is -0.308. The van der Waals surface area contributed by atoms with E-state index in [9.17, 15) is 10.2 Å². The molecule has 1 aromatic carbocycles. The molecule has 0 atom stereocenters. The number of pyridine rings is 1. The fourth-order valence-electron chi connectivity index (χ4n) is 6.19. The second-order valence-corrected chi connectivity index (χ2v) is 9.32. The summed E-state index contributed by atoms with van der Waals surface area (Å²) in [5, 5.41) is 21.8. The van der Waals surface area contributed by atoms with Crippen LogP contribution in [0.2, 0.25) is 0 Å². The summed E-state index contributed by atoms with van der Waals surface area (Å²) < 4.78 is 0. The van der Waals surface area contributed by atoms with Crippen molar-refractivity contribution >= 4 is 5.82 Å². The van der Waals surface area contributed by atoms with Gasteiger partial charge in [-0.3, -0.25) is 4.90 Å². The van der Waals surface area contributed by atoms with Gasteiger partial charge in [-0.25, -0.2) is 4.98 Å². The average molecular weight is 382 g/mol. The summed E-state index contributed by atoms with van der Waals surface area (Å²) in [7, 11) is 0. The van der Waals surface area contributed by atoms with E-state index < -0.39 is 5.60 Å². The van der Waals surface area contributed by atoms with Crippen molar-refractivity contribution in [1.82, 2.24) is 9.88 Å². The van der Waals surface area contributed by atoms with Crippen molar-refractivity contribution in [3.05, 3.63) is 54.2 Å². The van der Waals surface area contributed by atoms with Crippen LogP contribution in [0.5, 0.6) is 5.75 Å². The van der Waals surface area contributed by atoms with E-state index in [1.165, 1.54) is 0 Å². The van der Waals surface area contributed by atoms with E-state index >= 15 is 0 Å². The number of benzene rings is 1. The molecule has 4 rings (SSSR count).